The van der Waals surface area contributed by atoms with E-state index in [0.29, 0.717) is 11.3 Å². The predicted molar refractivity (Wildman–Crippen MR) is 70.6 cm³/mol. The van der Waals surface area contributed by atoms with Crippen molar-refractivity contribution >= 4 is 34.2 Å². The van der Waals surface area contributed by atoms with Crippen LogP contribution in [0.3, 0.4) is 0 Å². The number of amides is 1. The molecule has 82 valence electrons. The van der Waals surface area contributed by atoms with E-state index in [2.05, 4.69) is 27.9 Å². The van der Waals surface area contributed by atoms with E-state index in [1.165, 1.54) is 6.26 Å². The molecule has 3 nitrogen and oxygen atoms in total. The van der Waals surface area contributed by atoms with Crippen LogP contribution in [0.4, 0.5) is 5.69 Å². The van der Waals surface area contributed by atoms with Crippen molar-refractivity contribution in [3.05, 3.63) is 51.5 Å². The maximum atomic E-state index is 11.9. The topological polar surface area (TPSA) is 42.2 Å². The number of carbonyl (C=O) groups excluding carboxylic acids is 1. The second-order valence-corrected chi connectivity index (χ2v) is 4.49. The van der Waals surface area contributed by atoms with Gasteiger partial charge in [0.15, 0.2) is 0 Å². The van der Waals surface area contributed by atoms with Gasteiger partial charge in [-0.3, -0.25) is 4.79 Å². The van der Waals surface area contributed by atoms with Crippen LogP contribution >= 0.6 is 22.6 Å². The monoisotopic (exact) mass is 327 g/mol. The van der Waals surface area contributed by atoms with E-state index in [9.17, 15) is 4.79 Å². The highest BCUT2D eigenvalue weighted by Crippen LogP contribution is 2.19. The number of aryl methyl sites for hydroxylation is 1. The lowest BCUT2D eigenvalue weighted by molar-refractivity contribution is 0.102. The van der Waals surface area contributed by atoms with Gasteiger partial charge in [0.1, 0.15) is 5.76 Å². The zero-order valence-corrected chi connectivity index (χ0v) is 10.8. The Labute approximate surface area is 107 Å². The van der Waals surface area contributed by atoms with Crippen LogP contribution in [-0.2, 0) is 0 Å². The third kappa shape index (κ3) is 2.27. The molecule has 0 spiro atoms. The molecule has 0 saturated carbocycles. The van der Waals surface area contributed by atoms with Gasteiger partial charge in [0.25, 0.3) is 5.91 Å². The highest BCUT2D eigenvalue weighted by atomic mass is 127. The zero-order chi connectivity index (χ0) is 11.5. The number of hydrogen-bond donors (Lipinski definition) is 1. The van der Waals surface area contributed by atoms with Crippen molar-refractivity contribution < 1.29 is 9.21 Å². The normalized spacial score (nSPS) is 10.1. The molecule has 1 amide bonds. The van der Waals surface area contributed by atoms with Gasteiger partial charge in [-0.1, -0.05) is 12.1 Å². The first-order chi connectivity index (χ1) is 7.68. The molecule has 0 aliphatic heterocycles. The number of para-hydroxylation sites is 1. The molecule has 1 N–H and O–H groups in total. The standard InChI is InChI=1S/C12H10INO2/c1-8-9(6-7-16-8)12(15)14-11-5-3-2-4-10(11)13/h2-7H,1H3,(H,14,15). The van der Waals surface area contributed by atoms with E-state index in [4.69, 9.17) is 4.42 Å². The lowest BCUT2D eigenvalue weighted by atomic mass is 10.2. The van der Waals surface area contributed by atoms with Crippen LogP contribution in [-0.4, -0.2) is 5.91 Å². The van der Waals surface area contributed by atoms with Gasteiger partial charge in [0, 0.05) is 3.57 Å². The van der Waals surface area contributed by atoms with Gasteiger partial charge in [-0.25, -0.2) is 0 Å². The quantitative estimate of drug-likeness (QED) is 0.859. The van der Waals surface area contributed by atoms with Gasteiger partial charge in [0.2, 0.25) is 0 Å². The summed E-state index contributed by atoms with van der Waals surface area (Å²) in [5.74, 6) is 0.485. The van der Waals surface area contributed by atoms with Crippen LogP contribution in [0.1, 0.15) is 16.1 Å². The molecule has 0 unspecified atom stereocenters. The maximum absolute atomic E-state index is 11.9. The highest BCUT2D eigenvalue weighted by Gasteiger charge is 2.12. The summed E-state index contributed by atoms with van der Waals surface area (Å²) in [5, 5.41) is 2.85. The van der Waals surface area contributed by atoms with Crippen molar-refractivity contribution in [2.75, 3.05) is 5.32 Å². The van der Waals surface area contributed by atoms with Crippen LogP contribution in [0, 0.1) is 10.5 Å². The molecule has 0 aliphatic rings. The molecule has 0 bridgehead atoms. The lowest BCUT2D eigenvalue weighted by Crippen LogP contribution is -2.12. The molecule has 4 heteroatoms. The largest absolute Gasteiger partial charge is 0.469 e. The van der Waals surface area contributed by atoms with Crippen molar-refractivity contribution in [1.29, 1.82) is 0 Å². The minimum atomic E-state index is -0.143. The first-order valence-electron chi connectivity index (χ1n) is 4.78. The molecule has 0 radical (unpaired) electrons. The second kappa shape index (κ2) is 4.69. The molecule has 0 fully saturated rings. The van der Waals surface area contributed by atoms with Gasteiger partial charge < -0.3 is 9.73 Å². The minimum Gasteiger partial charge on any atom is -0.469 e. The third-order valence-electron chi connectivity index (χ3n) is 2.23. The number of halogens is 1. The van der Waals surface area contributed by atoms with E-state index in [1.54, 1.807) is 13.0 Å². The molecular formula is C12H10INO2. The first-order valence-corrected chi connectivity index (χ1v) is 5.86. The molecule has 2 rings (SSSR count). The Hall–Kier alpha value is -1.30. The third-order valence-corrected chi connectivity index (χ3v) is 3.17. The fourth-order valence-corrected chi connectivity index (χ4v) is 1.89. The Kier molecular flexibility index (Phi) is 3.28. The van der Waals surface area contributed by atoms with Crippen molar-refractivity contribution in [3.8, 4) is 0 Å². The molecule has 0 saturated heterocycles. The van der Waals surface area contributed by atoms with E-state index in [1.807, 2.05) is 24.3 Å². The molecule has 1 heterocycles. The Balaban J connectivity index is 2.21. The Morgan fingerprint density at radius 1 is 1.31 bits per heavy atom. The number of furan rings is 1. The summed E-state index contributed by atoms with van der Waals surface area (Å²) in [6.07, 6.45) is 1.51. The number of carbonyl (C=O) groups is 1. The summed E-state index contributed by atoms with van der Waals surface area (Å²) < 4.78 is 6.10. The van der Waals surface area contributed by atoms with Crippen molar-refractivity contribution in [1.82, 2.24) is 0 Å². The molecule has 2 aromatic rings. The Bertz CT molecular complexity index is 519. The van der Waals surface area contributed by atoms with Crippen LogP contribution in [0.2, 0.25) is 0 Å². The van der Waals surface area contributed by atoms with E-state index < -0.39 is 0 Å². The number of nitrogens with one attached hydrogen (secondary N) is 1. The Morgan fingerprint density at radius 3 is 2.69 bits per heavy atom. The number of anilines is 1. The SMILES string of the molecule is Cc1occc1C(=O)Nc1ccccc1I. The van der Waals surface area contributed by atoms with E-state index in [-0.39, 0.29) is 5.91 Å². The summed E-state index contributed by atoms with van der Waals surface area (Å²) in [6.45, 7) is 1.77. The fraction of sp³-hybridized carbons (Fsp3) is 0.0833. The number of hydrogen-bond acceptors (Lipinski definition) is 2. The van der Waals surface area contributed by atoms with E-state index in [0.717, 1.165) is 9.26 Å². The summed E-state index contributed by atoms with van der Waals surface area (Å²) >= 11 is 2.18. The summed E-state index contributed by atoms with van der Waals surface area (Å²) in [5.41, 5.74) is 1.38. The number of benzene rings is 1. The molecule has 1 aromatic heterocycles. The summed E-state index contributed by atoms with van der Waals surface area (Å²) in [6, 6.07) is 9.30. The van der Waals surface area contributed by atoms with Gasteiger partial charge in [-0.2, -0.15) is 0 Å². The molecule has 0 aliphatic carbocycles. The van der Waals surface area contributed by atoms with Crippen molar-refractivity contribution in [2.24, 2.45) is 0 Å². The van der Waals surface area contributed by atoms with Crippen molar-refractivity contribution in [3.63, 3.8) is 0 Å². The van der Waals surface area contributed by atoms with Crippen LogP contribution in [0.15, 0.2) is 41.0 Å². The average molecular weight is 327 g/mol. The molecule has 1 aromatic carbocycles. The lowest BCUT2D eigenvalue weighted by Gasteiger charge is -2.05. The van der Waals surface area contributed by atoms with Gasteiger partial charge in [-0.05, 0) is 47.7 Å². The first kappa shape index (κ1) is 11.2. The van der Waals surface area contributed by atoms with Crippen LogP contribution in [0.5, 0.6) is 0 Å². The summed E-state index contributed by atoms with van der Waals surface area (Å²) in [4.78, 5) is 11.9. The highest BCUT2D eigenvalue weighted by molar-refractivity contribution is 14.1. The average Bonchev–Trinajstić information content (AvgIpc) is 2.68. The van der Waals surface area contributed by atoms with Gasteiger partial charge in [-0.15, -0.1) is 0 Å². The van der Waals surface area contributed by atoms with Gasteiger partial charge in [0.05, 0.1) is 17.5 Å². The van der Waals surface area contributed by atoms with Gasteiger partial charge >= 0.3 is 0 Å². The van der Waals surface area contributed by atoms with E-state index >= 15 is 0 Å². The second-order valence-electron chi connectivity index (χ2n) is 3.32. The molecular weight excluding hydrogens is 317 g/mol. The number of rotatable bonds is 2. The van der Waals surface area contributed by atoms with Crippen LogP contribution < -0.4 is 5.32 Å². The fourth-order valence-electron chi connectivity index (χ4n) is 1.37. The summed E-state index contributed by atoms with van der Waals surface area (Å²) in [7, 11) is 0. The minimum absolute atomic E-state index is 0.143. The van der Waals surface area contributed by atoms with Crippen molar-refractivity contribution in [2.45, 2.75) is 6.92 Å². The smallest absolute Gasteiger partial charge is 0.259 e. The van der Waals surface area contributed by atoms with Crippen LogP contribution in [0.25, 0.3) is 0 Å². The predicted octanol–water partition coefficient (Wildman–Crippen LogP) is 3.44. The molecule has 16 heavy (non-hydrogen) atoms. The molecule has 0 atom stereocenters. The maximum Gasteiger partial charge on any atom is 0.259 e. The Morgan fingerprint density at radius 2 is 2.06 bits per heavy atom. The zero-order valence-electron chi connectivity index (χ0n) is 8.66.